The van der Waals surface area contributed by atoms with Gasteiger partial charge in [-0.15, -0.1) is 0 Å². The van der Waals surface area contributed by atoms with Gasteiger partial charge in [-0.1, -0.05) is 0 Å². The molecule has 0 saturated carbocycles. The van der Waals surface area contributed by atoms with Crippen molar-refractivity contribution in [2.75, 3.05) is 0 Å². The first-order valence-corrected chi connectivity index (χ1v) is 5.59. The summed E-state index contributed by atoms with van der Waals surface area (Å²) in [6.07, 6.45) is 1.75. The van der Waals surface area contributed by atoms with E-state index in [1.807, 2.05) is 5.43 Å². The number of rotatable bonds is 5. The summed E-state index contributed by atoms with van der Waals surface area (Å²) in [5.74, 6) is 4.46. The standard InChI is InChI=1S/C13H11FN2O4/c14-10-1-8(5-17)2-11(4-10)20-7-12-3-9(6-19-12)13(18)16-15/h1-6H,7,15H2,(H,16,18). The minimum absolute atomic E-state index is 0.0143. The van der Waals surface area contributed by atoms with Gasteiger partial charge in [-0.05, 0) is 18.2 Å². The Kier molecular flexibility index (Phi) is 4.11. The van der Waals surface area contributed by atoms with Crippen LogP contribution in [-0.2, 0) is 6.61 Å². The second kappa shape index (κ2) is 5.98. The molecule has 0 bridgehead atoms. The Bertz CT molecular complexity index is 639. The van der Waals surface area contributed by atoms with Crippen LogP contribution >= 0.6 is 0 Å². The van der Waals surface area contributed by atoms with Gasteiger partial charge in [0.05, 0.1) is 5.56 Å². The fourth-order valence-electron chi connectivity index (χ4n) is 1.55. The third-order valence-corrected chi connectivity index (χ3v) is 2.46. The van der Waals surface area contributed by atoms with Crippen LogP contribution in [0.5, 0.6) is 5.75 Å². The van der Waals surface area contributed by atoms with Crippen LogP contribution in [0.1, 0.15) is 26.5 Å². The molecule has 1 amide bonds. The topological polar surface area (TPSA) is 94.6 Å². The lowest BCUT2D eigenvalue weighted by atomic mass is 10.2. The number of furan rings is 1. The van der Waals surface area contributed by atoms with E-state index in [4.69, 9.17) is 15.0 Å². The molecule has 0 saturated heterocycles. The van der Waals surface area contributed by atoms with Gasteiger partial charge in [-0.25, -0.2) is 10.2 Å². The van der Waals surface area contributed by atoms with E-state index in [-0.39, 0.29) is 23.5 Å². The van der Waals surface area contributed by atoms with Crippen LogP contribution in [0, 0.1) is 5.82 Å². The molecule has 0 aliphatic carbocycles. The van der Waals surface area contributed by atoms with E-state index in [1.165, 1.54) is 18.4 Å². The largest absolute Gasteiger partial charge is 0.486 e. The van der Waals surface area contributed by atoms with Gasteiger partial charge in [0, 0.05) is 11.6 Å². The number of nitrogens with two attached hydrogens (primary N) is 1. The first-order valence-electron chi connectivity index (χ1n) is 5.59. The maximum Gasteiger partial charge on any atom is 0.268 e. The van der Waals surface area contributed by atoms with Crippen LogP contribution in [0.3, 0.4) is 0 Å². The van der Waals surface area contributed by atoms with Crippen LogP contribution in [0.2, 0.25) is 0 Å². The van der Waals surface area contributed by atoms with Gasteiger partial charge >= 0.3 is 0 Å². The van der Waals surface area contributed by atoms with E-state index in [2.05, 4.69) is 0 Å². The number of hydrogen-bond donors (Lipinski definition) is 2. The molecule has 7 heteroatoms. The van der Waals surface area contributed by atoms with Gasteiger partial charge in [-0.3, -0.25) is 15.0 Å². The summed E-state index contributed by atoms with van der Waals surface area (Å²) in [7, 11) is 0. The third kappa shape index (κ3) is 3.21. The van der Waals surface area contributed by atoms with Crippen molar-refractivity contribution in [3.8, 4) is 5.75 Å². The molecular formula is C13H11FN2O4. The number of ether oxygens (including phenoxy) is 1. The Balaban J connectivity index is 2.05. The lowest BCUT2D eigenvalue weighted by Crippen LogP contribution is -2.29. The normalized spacial score (nSPS) is 10.1. The van der Waals surface area contributed by atoms with Crippen molar-refractivity contribution >= 4 is 12.2 Å². The summed E-state index contributed by atoms with van der Waals surface area (Å²) < 4.78 is 23.5. The minimum Gasteiger partial charge on any atom is -0.486 e. The first-order chi connectivity index (χ1) is 9.62. The van der Waals surface area contributed by atoms with Gasteiger partial charge in [0.2, 0.25) is 0 Å². The van der Waals surface area contributed by atoms with Gasteiger partial charge in [0.25, 0.3) is 5.91 Å². The van der Waals surface area contributed by atoms with Crippen molar-refractivity contribution in [3.63, 3.8) is 0 Å². The highest BCUT2D eigenvalue weighted by Crippen LogP contribution is 2.17. The lowest BCUT2D eigenvalue weighted by Gasteiger charge is -2.04. The number of carbonyl (C=O) groups excluding carboxylic acids is 2. The maximum absolute atomic E-state index is 13.2. The number of benzene rings is 1. The first kappa shape index (κ1) is 13.8. The maximum atomic E-state index is 13.2. The molecule has 0 radical (unpaired) electrons. The molecule has 1 heterocycles. The average Bonchev–Trinajstić information content (AvgIpc) is 2.92. The molecule has 104 valence electrons. The molecule has 0 fully saturated rings. The lowest BCUT2D eigenvalue weighted by molar-refractivity contribution is 0.0952. The second-order valence-electron chi connectivity index (χ2n) is 3.90. The smallest absolute Gasteiger partial charge is 0.268 e. The van der Waals surface area contributed by atoms with E-state index in [0.717, 1.165) is 12.1 Å². The number of halogens is 1. The van der Waals surface area contributed by atoms with Crippen molar-refractivity contribution in [2.45, 2.75) is 6.61 Å². The van der Waals surface area contributed by atoms with Crippen LogP contribution in [0.25, 0.3) is 0 Å². The summed E-state index contributed by atoms with van der Waals surface area (Å²) in [5, 5.41) is 0. The fraction of sp³-hybridized carbons (Fsp3) is 0.0769. The van der Waals surface area contributed by atoms with Crippen molar-refractivity contribution < 1.29 is 23.1 Å². The summed E-state index contributed by atoms with van der Waals surface area (Å²) in [6, 6.07) is 5.08. The Hall–Kier alpha value is -2.67. The summed E-state index contributed by atoms with van der Waals surface area (Å²) in [4.78, 5) is 21.8. The van der Waals surface area contributed by atoms with Crippen molar-refractivity contribution in [2.24, 2.45) is 5.84 Å². The predicted octanol–water partition coefficient (Wildman–Crippen LogP) is 1.41. The molecular weight excluding hydrogens is 267 g/mol. The quantitative estimate of drug-likeness (QED) is 0.373. The number of nitrogens with one attached hydrogen (secondary N) is 1. The van der Waals surface area contributed by atoms with E-state index >= 15 is 0 Å². The fourth-order valence-corrected chi connectivity index (χ4v) is 1.55. The van der Waals surface area contributed by atoms with E-state index in [9.17, 15) is 14.0 Å². The van der Waals surface area contributed by atoms with Crippen molar-refractivity contribution in [1.29, 1.82) is 0 Å². The molecule has 2 aromatic rings. The molecule has 1 aromatic heterocycles. The molecule has 0 unspecified atom stereocenters. The number of amides is 1. The highest BCUT2D eigenvalue weighted by Gasteiger charge is 2.09. The molecule has 2 rings (SSSR count). The molecule has 0 spiro atoms. The minimum atomic E-state index is -0.577. The van der Waals surface area contributed by atoms with Gasteiger partial charge in [0.15, 0.2) is 0 Å². The van der Waals surface area contributed by atoms with Gasteiger partial charge in [0.1, 0.15) is 36.5 Å². The second-order valence-corrected chi connectivity index (χ2v) is 3.90. The molecule has 0 atom stereocenters. The molecule has 6 nitrogen and oxygen atoms in total. The highest BCUT2D eigenvalue weighted by atomic mass is 19.1. The van der Waals surface area contributed by atoms with Crippen LogP contribution < -0.4 is 16.0 Å². The number of hydrogen-bond acceptors (Lipinski definition) is 5. The van der Waals surface area contributed by atoms with Crippen LogP contribution in [0.4, 0.5) is 4.39 Å². The monoisotopic (exact) mass is 278 g/mol. The zero-order valence-electron chi connectivity index (χ0n) is 10.3. The Labute approximate surface area is 113 Å². The molecule has 0 aliphatic rings. The summed E-state index contributed by atoms with van der Waals surface area (Å²) in [6.45, 7) is -0.0143. The van der Waals surface area contributed by atoms with Crippen LogP contribution in [-0.4, -0.2) is 12.2 Å². The average molecular weight is 278 g/mol. The number of hydrazine groups is 1. The molecule has 1 aromatic carbocycles. The molecule has 20 heavy (non-hydrogen) atoms. The third-order valence-electron chi connectivity index (χ3n) is 2.46. The van der Waals surface area contributed by atoms with Gasteiger partial charge in [-0.2, -0.15) is 0 Å². The SMILES string of the molecule is NNC(=O)c1coc(COc2cc(F)cc(C=O)c2)c1. The number of nitrogen functional groups attached to an aromatic ring is 1. The molecule has 3 N–H and O–H groups in total. The molecule has 0 aliphatic heterocycles. The highest BCUT2D eigenvalue weighted by molar-refractivity contribution is 5.93. The Morgan fingerprint density at radius 3 is 2.90 bits per heavy atom. The van der Waals surface area contributed by atoms with Crippen molar-refractivity contribution in [1.82, 2.24) is 5.43 Å². The zero-order chi connectivity index (χ0) is 14.5. The summed E-state index contributed by atoms with van der Waals surface area (Å²) in [5.41, 5.74) is 2.38. The number of aldehydes is 1. The van der Waals surface area contributed by atoms with E-state index < -0.39 is 11.7 Å². The van der Waals surface area contributed by atoms with Crippen molar-refractivity contribution in [3.05, 3.63) is 53.2 Å². The predicted molar refractivity (Wildman–Crippen MR) is 66.5 cm³/mol. The Morgan fingerprint density at radius 2 is 2.20 bits per heavy atom. The summed E-state index contributed by atoms with van der Waals surface area (Å²) >= 11 is 0. The zero-order valence-corrected chi connectivity index (χ0v) is 10.3. The van der Waals surface area contributed by atoms with E-state index in [1.54, 1.807) is 0 Å². The number of carbonyl (C=O) groups is 2. The van der Waals surface area contributed by atoms with Crippen LogP contribution in [0.15, 0.2) is 34.9 Å². The van der Waals surface area contributed by atoms with E-state index in [0.29, 0.717) is 12.0 Å². The Morgan fingerprint density at radius 1 is 1.40 bits per heavy atom. The van der Waals surface area contributed by atoms with Gasteiger partial charge < -0.3 is 9.15 Å².